The Balaban J connectivity index is 1.69. The number of nitrogens with one attached hydrogen (secondary N) is 1. The highest BCUT2D eigenvalue weighted by Crippen LogP contribution is 2.30. The number of amides is 3. The van der Waals surface area contributed by atoms with Gasteiger partial charge in [0, 0.05) is 23.9 Å². The molecule has 0 aliphatic carbocycles. The van der Waals surface area contributed by atoms with E-state index in [1.807, 2.05) is 12.1 Å². The van der Waals surface area contributed by atoms with Gasteiger partial charge in [0.15, 0.2) is 0 Å². The molecule has 3 rings (SSSR count). The molecule has 0 bridgehead atoms. The molecule has 1 aromatic rings. The minimum atomic E-state index is -0.538. The van der Waals surface area contributed by atoms with Crippen molar-refractivity contribution in [1.82, 2.24) is 10.2 Å². The number of aryl methyl sites for hydroxylation is 1. The topological polar surface area (TPSA) is 66.5 Å². The van der Waals surface area contributed by atoms with Crippen molar-refractivity contribution in [3.05, 3.63) is 34.9 Å². The van der Waals surface area contributed by atoms with Crippen LogP contribution >= 0.6 is 15.9 Å². The molecule has 1 atom stereocenters. The van der Waals surface area contributed by atoms with Gasteiger partial charge in [-0.15, -0.1) is 0 Å². The molecule has 2 heterocycles. The third-order valence-electron chi connectivity index (χ3n) is 5.01. The number of nitrogens with zero attached hydrogens (tertiary/aromatic N) is 1. The summed E-state index contributed by atoms with van der Waals surface area (Å²) in [4.78, 5) is 37.8. The van der Waals surface area contributed by atoms with Crippen LogP contribution in [0.2, 0.25) is 0 Å². The highest BCUT2D eigenvalue weighted by molar-refractivity contribution is 9.09. The molecule has 5 nitrogen and oxygen atoms in total. The zero-order valence-electron chi connectivity index (χ0n) is 14.2. The van der Waals surface area contributed by atoms with E-state index in [0.29, 0.717) is 18.5 Å². The van der Waals surface area contributed by atoms with E-state index < -0.39 is 6.04 Å². The number of halogens is 1. The smallest absolute Gasteiger partial charge is 0.255 e. The lowest BCUT2D eigenvalue weighted by atomic mass is 9.98. The molecule has 0 spiro atoms. The van der Waals surface area contributed by atoms with Crippen LogP contribution in [0, 0.1) is 0 Å². The van der Waals surface area contributed by atoms with E-state index in [2.05, 4.69) is 27.3 Å². The van der Waals surface area contributed by atoms with Crippen LogP contribution in [0.5, 0.6) is 0 Å². The molecule has 1 N–H and O–H groups in total. The first kappa shape index (κ1) is 18.1. The van der Waals surface area contributed by atoms with Gasteiger partial charge in [-0.05, 0) is 42.9 Å². The normalized spacial score (nSPS) is 20.0. The third-order valence-corrected chi connectivity index (χ3v) is 5.57. The minimum Gasteiger partial charge on any atom is -0.322 e. The third kappa shape index (κ3) is 3.94. The van der Waals surface area contributed by atoms with Gasteiger partial charge in [-0.2, -0.15) is 0 Å². The van der Waals surface area contributed by atoms with Gasteiger partial charge in [-0.25, -0.2) is 0 Å². The molecule has 0 radical (unpaired) electrons. The van der Waals surface area contributed by atoms with Crippen LogP contribution in [0.4, 0.5) is 0 Å². The van der Waals surface area contributed by atoms with Crippen LogP contribution in [0.25, 0.3) is 0 Å². The SMILES string of the molecule is O=C1CCC(N2Cc3c(CCCCCCBr)cccc3C2=O)C(=O)N1. The highest BCUT2D eigenvalue weighted by Gasteiger charge is 2.39. The molecule has 0 saturated carbocycles. The van der Waals surface area contributed by atoms with E-state index in [1.165, 1.54) is 24.8 Å². The maximum Gasteiger partial charge on any atom is 0.255 e. The molecule has 25 heavy (non-hydrogen) atoms. The van der Waals surface area contributed by atoms with Crippen LogP contribution in [-0.2, 0) is 22.6 Å². The molecule has 1 aromatic carbocycles. The second-order valence-corrected chi connectivity index (χ2v) is 7.49. The molecule has 6 heteroatoms. The molecule has 2 aliphatic heterocycles. The summed E-state index contributed by atoms with van der Waals surface area (Å²) in [5.41, 5.74) is 2.97. The summed E-state index contributed by atoms with van der Waals surface area (Å²) in [6, 6.07) is 5.32. The van der Waals surface area contributed by atoms with Crippen LogP contribution < -0.4 is 5.32 Å². The summed E-state index contributed by atoms with van der Waals surface area (Å²) >= 11 is 3.45. The van der Waals surface area contributed by atoms with Gasteiger partial charge in [0.2, 0.25) is 11.8 Å². The predicted octanol–water partition coefficient (Wildman–Crippen LogP) is 2.95. The standard InChI is InChI=1S/C19H23BrN2O3/c20-11-4-2-1-3-6-13-7-5-8-14-15(13)12-22(19(14)25)16-9-10-17(23)21-18(16)24/h5,7-8,16H,1-4,6,9-12H2,(H,21,23,24). The average molecular weight is 407 g/mol. The van der Waals surface area contributed by atoms with Crippen LogP contribution in [0.1, 0.15) is 60.0 Å². The van der Waals surface area contributed by atoms with Crippen molar-refractivity contribution in [2.75, 3.05) is 5.33 Å². The first-order valence-electron chi connectivity index (χ1n) is 8.93. The Labute approximate surface area is 156 Å². The van der Waals surface area contributed by atoms with E-state index in [1.54, 1.807) is 4.90 Å². The summed E-state index contributed by atoms with van der Waals surface area (Å²) in [7, 11) is 0. The van der Waals surface area contributed by atoms with Gasteiger partial charge in [0.05, 0.1) is 0 Å². The van der Waals surface area contributed by atoms with Gasteiger partial charge in [0.1, 0.15) is 6.04 Å². The Morgan fingerprint density at radius 1 is 1.12 bits per heavy atom. The number of carbonyl (C=O) groups excluding carboxylic acids is 3. The van der Waals surface area contributed by atoms with E-state index in [9.17, 15) is 14.4 Å². The van der Waals surface area contributed by atoms with Crippen molar-refractivity contribution in [2.24, 2.45) is 0 Å². The second-order valence-electron chi connectivity index (χ2n) is 6.70. The molecular formula is C19H23BrN2O3. The van der Waals surface area contributed by atoms with Crippen molar-refractivity contribution < 1.29 is 14.4 Å². The number of fused-ring (bicyclic) bond motifs is 1. The number of imide groups is 1. The number of piperidine rings is 1. The summed E-state index contributed by atoms with van der Waals surface area (Å²) < 4.78 is 0. The van der Waals surface area contributed by atoms with E-state index >= 15 is 0 Å². The van der Waals surface area contributed by atoms with Gasteiger partial charge in [0.25, 0.3) is 5.91 Å². The number of unbranched alkanes of at least 4 members (excludes halogenated alkanes) is 3. The molecule has 134 valence electrons. The summed E-state index contributed by atoms with van der Waals surface area (Å²) in [6.07, 6.45) is 6.34. The molecule has 1 unspecified atom stereocenters. The molecule has 3 amide bonds. The van der Waals surface area contributed by atoms with Crippen LogP contribution in [0.15, 0.2) is 18.2 Å². The second kappa shape index (κ2) is 8.13. The van der Waals surface area contributed by atoms with Crippen molar-refractivity contribution in [1.29, 1.82) is 0 Å². The monoisotopic (exact) mass is 406 g/mol. The van der Waals surface area contributed by atoms with Gasteiger partial charge in [-0.1, -0.05) is 40.9 Å². The Bertz CT molecular complexity index is 689. The fourth-order valence-electron chi connectivity index (χ4n) is 3.65. The van der Waals surface area contributed by atoms with E-state index in [0.717, 1.165) is 23.7 Å². The first-order valence-corrected chi connectivity index (χ1v) is 10.1. The largest absolute Gasteiger partial charge is 0.322 e. The lowest BCUT2D eigenvalue weighted by Crippen LogP contribution is -2.52. The zero-order valence-corrected chi connectivity index (χ0v) is 15.8. The molecular weight excluding hydrogens is 384 g/mol. The predicted molar refractivity (Wildman–Crippen MR) is 98.5 cm³/mol. The lowest BCUT2D eigenvalue weighted by Gasteiger charge is -2.29. The Hall–Kier alpha value is -1.69. The van der Waals surface area contributed by atoms with Crippen molar-refractivity contribution >= 4 is 33.7 Å². The Kier molecular flexibility index (Phi) is 5.89. The van der Waals surface area contributed by atoms with Crippen LogP contribution in [0.3, 0.4) is 0 Å². The first-order chi connectivity index (χ1) is 12.1. The highest BCUT2D eigenvalue weighted by atomic mass is 79.9. The Morgan fingerprint density at radius 2 is 1.92 bits per heavy atom. The number of rotatable bonds is 7. The Morgan fingerprint density at radius 3 is 2.68 bits per heavy atom. The number of alkyl halides is 1. The molecule has 1 saturated heterocycles. The quantitative estimate of drug-likeness (QED) is 0.430. The fraction of sp³-hybridized carbons (Fsp3) is 0.526. The summed E-state index contributed by atoms with van der Waals surface area (Å²) in [5.74, 6) is -0.700. The van der Waals surface area contributed by atoms with Crippen molar-refractivity contribution in [2.45, 2.75) is 57.5 Å². The van der Waals surface area contributed by atoms with Crippen molar-refractivity contribution in [3.8, 4) is 0 Å². The fourth-order valence-corrected chi connectivity index (χ4v) is 4.04. The maximum atomic E-state index is 12.7. The summed E-state index contributed by atoms with van der Waals surface area (Å²) in [5, 5.41) is 3.39. The van der Waals surface area contributed by atoms with E-state index in [4.69, 9.17) is 0 Å². The average Bonchev–Trinajstić information content (AvgIpc) is 2.92. The number of benzene rings is 1. The maximum absolute atomic E-state index is 12.7. The number of hydrogen-bond donors (Lipinski definition) is 1. The zero-order chi connectivity index (χ0) is 17.8. The van der Waals surface area contributed by atoms with Crippen molar-refractivity contribution in [3.63, 3.8) is 0 Å². The van der Waals surface area contributed by atoms with Gasteiger partial charge >= 0.3 is 0 Å². The van der Waals surface area contributed by atoms with E-state index in [-0.39, 0.29) is 24.1 Å². The molecule has 2 aliphatic rings. The van der Waals surface area contributed by atoms with Gasteiger partial charge in [-0.3, -0.25) is 19.7 Å². The molecule has 0 aromatic heterocycles. The molecule has 1 fully saturated rings. The lowest BCUT2D eigenvalue weighted by molar-refractivity contribution is -0.136. The van der Waals surface area contributed by atoms with Gasteiger partial charge < -0.3 is 4.90 Å². The number of carbonyl (C=O) groups is 3. The van der Waals surface area contributed by atoms with Crippen LogP contribution in [-0.4, -0.2) is 34.0 Å². The number of hydrogen-bond acceptors (Lipinski definition) is 3. The summed E-state index contributed by atoms with van der Waals surface area (Å²) in [6.45, 7) is 0.470. The minimum absolute atomic E-state index is 0.0920.